The third-order valence-corrected chi connectivity index (χ3v) is 3.66. The number of hydrogen-bond donors (Lipinski definition) is 3. The van der Waals surface area contributed by atoms with Crippen molar-refractivity contribution in [3.8, 4) is 0 Å². The van der Waals surface area contributed by atoms with E-state index >= 15 is 0 Å². The topological polar surface area (TPSA) is 103 Å². The van der Waals surface area contributed by atoms with E-state index in [2.05, 4.69) is 10.3 Å². The number of hydrogen-bond acceptors (Lipinski definition) is 4. The minimum absolute atomic E-state index is 0.139. The summed E-state index contributed by atoms with van der Waals surface area (Å²) in [6.07, 6.45) is 4.62. The Labute approximate surface area is 122 Å². The Bertz CT molecular complexity index is 541. The standard InChI is InChI=1S/C14H19N3O4/c1-17(9-14(21)6-2-3-7-14)13(20)16-10-5-4-8-15-11(10)12(18)19/h4-5,8,21H,2-3,6-7,9H2,1H3,(H,16,20)(H,18,19). The van der Waals surface area contributed by atoms with E-state index in [1.807, 2.05) is 0 Å². The third-order valence-electron chi connectivity index (χ3n) is 3.66. The molecule has 3 N–H and O–H groups in total. The molecule has 1 aromatic rings. The molecule has 21 heavy (non-hydrogen) atoms. The average molecular weight is 293 g/mol. The molecule has 1 fully saturated rings. The van der Waals surface area contributed by atoms with Crippen molar-refractivity contribution < 1.29 is 19.8 Å². The Morgan fingerprint density at radius 3 is 2.71 bits per heavy atom. The van der Waals surface area contributed by atoms with Crippen molar-refractivity contribution in [1.29, 1.82) is 0 Å². The van der Waals surface area contributed by atoms with Crippen molar-refractivity contribution in [2.24, 2.45) is 0 Å². The predicted octanol–water partition coefficient (Wildman–Crippen LogP) is 1.55. The summed E-state index contributed by atoms with van der Waals surface area (Å²) in [6, 6.07) is 2.56. The summed E-state index contributed by atoms with van der Waals surface area (Å²) in [4.78, 5) is 28.2. The number of aromatic carboxylic acids is 1. The highest BCUT2D eigenvalue weighted by molar-refractivity contribution is 5.98. The second-order valence-electron chi connectivity index (χ2n) is 5.42. The summed E-state index contributed by atoms with van der Waals surface area (Å²) >= 11 is 0. The fraction of sp³-hybridized carbons (Fsp3) is 0.500. The Morgan fingerprint density at radius 2 is 2.10 bits per heavy atom. The van der Waals surface area contributed by atoms with E-state index in [4.69, 9.17) is 5.11 Å². The first-order valence-electron chi connectivity index (χ1n) is 6.84. The largest absolute Gasteiger partial charge is 0.476 e. The van der Waals surface area contributed by atoms with Crippen LogP contribution >= 0.6 is 0 Å². The lowest BCUT2D eigenvalue weighted by atomic mass is 10.0. The number of likely N-dealkylation sites (N-methyl/N-ethyl adjacent to an activating group) is 1. The van der Waals surface area contributed by atoms with Crippen molar-refractivity contribution in [1.82, 2.24) is 9.88 Å². The number of amides is 2. The predicted molar refractivity (Wildman–Crippen MR) is 76.3 cm³/mol. The molecule has 0 aromatic carbocycles. The van der Waals surface area contributed by atoms with Gasteiger partial charge in [-0.3, -0.25) is 0 Å². The maximum absolute atomic E-state index is 12.1. The second kappa shape index (κ2) is 6.09. The number of anilines is 1. The quantitative estimate of drug-likeness (QED) is 0.781. The molecule has 7 nitrogen and oxygen atoms in total. The summed E-state index contributed by atoms with van der Waals surface area (Å²) in [6.45, 7) is 0.224. The number of aromatic nitrogens is 1. The average Bonchev–Trinajstić information content (AvgIpc) is 2.85. The van der Waals surface area contributed by atoms with Crippen LogP contribution < -0.4 is 5.32 Å². The lowest BCUT2D eigenvalue weighted by molar-refractivity contribution is 0.0261. The van der Waals surface area contributed by atoms with Crippen LogP contribution in [0.3, 0.4) is 0 Å². The van der Waals surface area contributed by atoms with Crippen LogP contribution in [0.1, 0.15) is 36.2 Å². The molecule has 7 heteroatoms. The number of rotatable bonds is 4. The van der Waals surface area contributed by atoms with Gasteiger partial charge >= 0.3 is 12.0 Å². The van der Waals surface area contributed by atoms with Gasteiger partial charge in [0.2, 0.25) is 0 Å². The Balaban J connectivity index is 2.02. The van der Waals surface area contributed by atoms with Crippen molar-refractivity contribution >= 4 is 17.7 Å². The highest BCUT2D eigenvalue weighted by atomic mass is 16.4. The molecule has 2 rings (SSSR count). The molecular formula is C14H19N3O4. The van der Waals surface area contributed by atoms with Gasteiger partial charge in [0.1, 0.15) is 0 Å². The summed E-state index contributed by atoms with van der Waals surface area (Å²) in [7, 11) is 1.57. The zero-order valence-electron chi connectivity index (χ0n) is 11.9. The van der Waals surface area contributed by atoms with Gasteiger partial charge in [-0.25, -0.2) is 14.6 Å². The molecule has 0 bridgehead atoms. The number of nitrogens with zero attached hydrogens (tertiary/aromatic N) is 2. The van der Waals surface area contributed by atoms with Crippen LogP contribution in [-0.2, 0) is 0 Å². The molecule has 1 aliphatic rings. The number of urea groups is 1. The fourth-order valence-electron chi connectivity index (χ4n) is 2.59. The van der Waals surface area contributed by atoms with Crippen molar-refractivity contribution in [2.45, 2.75) is 31.3 Å². The van der Waals surface area contributed by atoms with Gasteiger partial charge < -0.3 is 20.4 Å². The van der Waals surface area contributed by atoms with Crippen LogP contribution in [0.4, 0.5) is 10.5 Å². The molecule has 1 aromatic heterocycles. The molecule has 0 aliphatic heterocycles. The van der Waals surface area contributed by atoms with Crippen LogP contribution in [-0.4, -0.2) is 51.3 Å². The molecule has 0 saturated heterocycles. The minimum Gasteiger partial charge on any atom is -0.476 e. The maximum atomic E-state index is 12.1. The van der Waals surface area contributed by atoms with E-state index < -0.39 is 17.6 Å². The highest BCUT2D eigenvalue weighted by Gasteiger charge is 2.33. The molecule has 2 amide bonds. The fourth-order valence-corrected chi connectivity index (χ4v) is 2.59. The normalized spacial score (nSPS) is 16.5. The summed E-state index contributed by atoms with van der Waals surface area (Å²) < 4.78 is 0. The maximum Gasteiger partial charge on any atom is 0.356 e. The zero-order valence-corrected chi connectivity index (χ0v) is 11.9. The van der Waals surface area contributed by atoms with E-state index in [0.29, 0.717) is 12.8 Å². The van der Waals surface area contributed by atoms with E-state index in [0.717, 1.165) is 12.8 Å². The number of pyridine rings is 1. The van der Waals surface area contributed by atoms with Crippen LogP contribution in [0, 0.1) is 0 Å². The monoisotopic (exact) mass is 293 g/mol. The molecule has 1 saturated carbocycles. The number of nitrogens with one attached hydrogen (secondary N) is 1. The van der Waals surface area contributed by atoms with Gasteiger partial charge in [0.15, 0.2) is 5.69 Å². The van der Waals surface area contributed by atoms with E-state index in [-0.39, 0.29) is 17.9 Å². The molecular weight excluding hydrogens is 274 g/mol. The number of carbonyl (C=O) groups is 2. The first-order chi connectivity index (χ1) is 9.91. The third kappa shape index (κ3) is 3.69. The van der Waals surface area contributed by atoms with Gasteiger partial charge in [0.25, 0.3) is 0 Å². The molecule has 0 atom stereocenters. The van der Waals surface area contributed by atoms with E-state index in [1.54, 1.807) is 13.1 Å². The first-order valence-corrected chi connectivity index (χ1v) is 6.84. The molecule has 0 radical (unpaired) electrons. The van der Waals surface area contributed by atoms with E-state index in [1.165, 1.54) is 17.2 Å². The van der Waals surface area contributed by atoms with Gasteiger partial charge in [-0.2, -0.15) is 0 Å². The van der Waals surface area contributed by atoms with Crippen LogP contribution in [0.25, 0.3) is 0 Å². The van der Waals surface area contributed by atoms with Gasteiger partial charge in [-0.05, 0) is 25.0 Å². The second-order valence-corrected chi connectivity index (χ2v) is 5.42. The molecule has 1 aliphatic carbocycles. The Morgan fingerprint density at radius 1 is 1.43 bits per heavy atom. The number of carboxylic acids is 1. The van der Waals surface area contributed by atoms with Crippen LogP contribution in [0.2, 0.25) is 0 Å². The SMILES string of the molecule is CN(CC1(O)CCCC1)C(=O)Nc1cccnc1C(=O)O. The number of aliphatic hydroxyl groups is 1. The van der Waals surface area contributed by atoms with Crippen LogP contribution in [0.15, 0.2) is 18.3 Å². The van der Waals surface area contributed by atoms with Crippen molar-refractivity contribution in [3.63, 3.8) is 0 Å². The van der Waals surface area contributed by atoms with Crippen LogP contribution in [0.5, 0.6) is 0 Å². The lowest BCUT2D eigenvalue weighted by Gasteiger charge is -2.28. The Kier molecular flexibility index (Phi) is 4.42. The summed E-state index contributed by atoms with van der Waals surface area (Å²) in [5, 5.41) is 21.8. The zero-order chi connectivity index (χ0) is 15.5. The number of carbonyl (C=O) groups excluding carboxylic acids is 1. The van der Waals surface area contributed by atoms with Gasteiger partial charge in [-0.1, -0.05) is 12.8 Å². The van der Waals surface area contributed by atoms with Crippen molar-refractivity contribution in [2.75, 3.05) is 18.9 Å². The summed E-state index contributed by atoms with van der Waals surface area (Å²) in [5.41, 5.74) is -0.907. The molecule has 1 heterocycles. The van der Waals surface area contributed by atoms with E-state index in [9.17, 15) is 14.7 Å². The van der Waals surface area contributed by atoms with Gasteiger partial charge in [0.05, 0.1) is 17.8 Å². The Hall–Kier alpha value is -2.15. The molecule has 0 spiro atoms. The van der Waals surface area contributed by atoms with Gasteiger partial charge in [0, 0.05) is 13.2 Å². The molecule has 0 unspecified atom stereocenters. The van der Waals surface area contributed by atoms with Crippen molar-refractivity contribution in [3.05, 3.63) is 24.0 Å². The minimum atomic E-state index is -1.21. The summed E-state index contributed by atoms with van der Waals surface area (Å²) in [5.74, 6) is -1.21. The number of carboxylic acid groups (broad SMARTS) is 1. The smallest absolute Gasteiger partial charge is 0.356 e. The van der Waals surface area contributed by atoms with Gasteiger partial charge in [-0.15, -0.1) is 0 Å². The first kappa shape index (κ1) is 15.2. The lowest BCUT2D eigenvalue weighted by Crippen LogP contribution is -2.43. The molecule has 114 valence electrons. The highest BCUT2D eigenvalue weighted by Crippen LogP contribution is 2.30.